The molecule has 0 aromatic carbocycles. The Hall–Kier alpha value is -1.76. The van der Waals surface area contributed by atoms with Crippen molar-refractivity contribution in [2.75, 3.05) is 6.61 Å². The second-order valence-electron chi connectivity index (χ2n) is 6.59. The molecule has 0 bridgehead atoms. The topological polar surface area (TPSA) is 107 Å². The van der Waals surface area contributed by atoms with Gasteiger partial charge in [0.1, 0.15) is 12.2 Å². The van der Waals surface area contributed by atoms with Crippen LogP contribution in [0.1, 0.15) is 46.0 Å². The second kappa shape index (κ2) is 8.08. The molecule has 0 saturated carbocycles. The molecule has 1 aliphatic carbocycles. The van der Waals surface area contributed by atoms with E-state index in [0.29, 0.717) is 0 Å². The number of Topliss-reactive ketones (excluding diaryl/α,β-unsaturated/α-hetero) is 1. The highest BCUT2D eigenvalue weighted by molar-refractivity contribution is 6.08. The van der Waals surface area contributed by atoms with Crippen LogP contribution in [-0.4, -0.2) is 51.5 Å². The fraction of sp³-hybridized carbons (Fsp3) is 0.579. The molecule has 3 unspecified atom stereocenters. The van der Waals surface area contributed by atoms with Gasteiger partial charge in [-0.2, -0.15) is 0 Å². The number of rotatable bonds is 9. The van der Waals surface area contributed by atoms with E-state index < -0.39 is 30.4 Å². The highest BCUT2D eigenvalue weighted by Crippen LogP contribution is 2.50. The van der Waals surface area contributed by atoms with Crippen LogP contribution in [0.2, 0.25) is 0 Å². The van der Waals surface area contributed by atoms with Crippen molar-refractivity contribution in [2.24, 2.45) is 0 Å². The molecular weight excluding hydrogens is 324 g/mol. The van der Waals surface area contributed by atoms with E-state index in [-0.39, 0.29) is 28.9 Å². The summed E-state index contributed by atoms with van der Waals surface area (Å²) < 4.78 is 5.50. The average Bonchev–Trinajstić information content (AvgIpc) is 3.33. The lowest BCUT2D eigenvalue weighted by molar-refractivity contribution is -0.132. The van der Waals surface area contributed by atoms with E-state index >= 15 is 0 Å². The number of hydrogen-bond acceptors (Lipinski definition) is 5. The number of ketones is 1. The van der Waals surface area contributed by atoms with Gasteiger partial charge in [-0.25, -0.2) is 4.79 Å². The van der Waals surface area contributed by atoms with E-state index in [1.165, 1.54) is 13.0 Å². The van der Waals surface area contributed by atoms with Crippen molar-refractivity contribution >= 4 is 11.8 Å². The van der Waals surface area contributed by atoms with Gasteiger partial charge in [-0.1, -0.05) is 38.0 Å². The summed E-state index contributed by atoms with van der Waals surface area (Å²) in [7, 11) is 0. The molecule has 6 heteroatoms. The van der Waals surface area contributed by atoms with Crippen molar-refractivity contribution in [2.45, 2.75) is 63.8 Å². The van der Waals surface area contributed by atoms with Crippen LogP contribution in [0.25, 0.3) is 0 Å². The number of aliphatic carboxylic acids is 1. The first kappa shape index (κ1) is 19.6. The SMILES string of the molecule is CCCCC/C=C/C1=C(CO)C(O)C2OC2(C/C=C(\C)C(=O)O)C1=O. The summed E-state index contributed by atoms with van der Waals surface area (Å²) in [5.41, 5.74) is -0.535. The van der Waals surface area contributed by atoms with Crippen molar-refractivity contribution in [1.82, 2.24) is 0 Å². The molecule has 3 N–H and O–H groups in total. The molecule has 0 aromatic rings. The first-order chi connectivity index (χ1) is 11.9. The van der Waals surface area contributed by atoms with Crippen LogP contribution in [0.5, 0.6) is 0 Å². The molecule has 2 aliphatic rings. The molecule has 0 spiro atoms. The smallest absolute Gasteiger partial charge is 0.330 e. The largest absolute Gasteiger partial charge is 0.478 e. The van der Waals surface area contributed by atoms with Gasteiger partial charge in [-0.15, -0.1) is 0 Å². The normalized spacial score (nSPS) is 29.3. The van der Waals surface area contributed by atoms with Crippen molar-refractivity contribution in [3.63, 3.8) is 0 Å². The highest BCUT2D eigenvalue weighted by Gasteiger charge is 2.67. The quantitative estimate of drug-likeness (QED) is 0.333. The number of carbonyl (C=O) groups is 2. The Balaban J connectivity index is 2.21. The second-order valence-corrected chi connectivity index (χ2v) is 6.59. The number of ether oxygens (including phenoxy) is 1. The molecular formula is C19H26O6. The fourth-order valence-electron chi connectivity index (χ4n) is 3.13. The number of aliphatic hydroxyl groups is 2. The van der Waals surface area contributed by atoms with Gasteiger partial charge in [0.25, 0.3) is 0 Å². The van der Waals surface area contributed by atoms with Crippen LogP contribution >= 0.6 is 0 Å². The third kappa shape index (κ3) is 3.92. The Kier molecular flexibility index (Phi) is 6.32. The van der Waals surface area contributed by atoms with E-state index in [0.717, 1.165) is 25.7 Å². The highest BCUT2D eigenvalue weighted by atomic mass is 16.6. The first-order valence-electron chi connectivity index (χ1n) is 8.70. The maximum Gasteiger partial charge on any atom is 0.330 e. The van der Waals surface area contributed by atoms with E-state index in [9.17, 15) is 19.8 Å². The lowest BCUT2D eigenvalue weighted by atomic mass is 9.79. The summed E-state index contributed by atoms with van der Waals surface area (Å²) in [5.74, 6) is -1.35. The Morgan fingerprint density at radius 2 is 2.08 bits per heavy atom. The maximum absolute atomic E-state index is 12.9. The summed E-state index contributed by atoms with van der Waals surface area (Å²) in [5, 5.41) is 28.9. The Morgan fingerprint density at radius 1 is 1.36 bits per heavy atom. The zero-order valence-corrected chi connectivity index (χ0v) is 14.7. The monoisotopic (exact) mass is 350 g/mol. The van der Waals surface area contributed by atoms with Crippen molar-refractivity contribution < 1.29 is 29.6 Å². The zero-order valence-electron chi connectivity index (χ0n) is 14.7. The Bertz CT molecular complexity index is 630. The van der Waals surface area contributed by atoms with Gasteiger partial charge < -0.3 is 20.1 Å². The molecule has 0 aromatic heterocycles. The van der Waals surface area contributed by atoms with Crippen LogP contribution in [0, 0.1) is 0 Å². The van der Waals surface area contributed by atoms with Crippen LogP contribution in [0.3, 0.4) is 0 Å². The third-order valence-corrected chi connectivity index (χ3v) is 4.84. The first-order valence-corrected chi connectivity index (χ1v) is 8.70. The lowest BCUT2D eigenvalue weighted by Crippen LogP contribution is -2.40. The number of carboxylic acid groups (broad SMARTS) is 1. The summed E-state index contributed by atoms with van der Waals surface area (Å²) in [6, 6.07) is 0. The molecule has 25 heavy (non-hydrogen) atoms. The molecule has 1 saturated heterocycles. The number of allylic oxidation sites excluding steroid dienone is 2. The third-order valence-electron chi connectivity index (χ3n) is 4.84. The van der Waals surface area contributed by atoms with Gasteiger partial charge in [-0.3, -0.25) is 4.79 Å². The predicted octanol–water partition coefficient (Wildman–Crippen LogP) is 1.91. The van der Waals surface area contributed by atoms with E-state index in [2.05, 4.69) is 6.92 Å². The number of carbonyl (C=O) groups excluding carboxylic acids is 1. The van der Waals surface area contributed by atoms with Gasteiger partial charge in [0.15, 0.2) is 11.4 Å². The maximum atomic E-state index is 12.9. The molecule has 1 heterocycles. The molecule has 2 rings (SSSR count). The Labute approximate surface area is 147 Å². The number of fused-ring (bicyclic) bond motifs is 1. The van der Waals surface area contributed by atoms with Crippen LogP contribution in [0.15, 0.2) is 34.9 Å². The standard InChI is InChI=1S/C19H26O6/c1-3-4-5-6-7-8-13-14(11-20)15(21)17-19(25-17,16(13)22)10-9-12(2)18(23)24/h7-9,15,17,20-21H,3-6,10-11H2,1-2H3,(H,23,24)/b8-7+,12-9+. The molecule has 1 fully saturated rings. The Morgan fingerprint density at radius 3 is 2.68 bits per heavy atom. The van der Waals surface area contributed by atoms with Gasteiger partial charge in [0.05, 0.1) is 6.61 Å². The van der Waals surface area contributed by atoms with Gasteiger partial charge in [0, 0.05) is 17.6 Å². The van der Waals surface area contributed by atoms with E-state index in [4.69, 9.17) is 9.84 Å². The van der Waals surface area contributed by atoms with Crippen LogP contribution < -0.4 is 0 Å². The van der Waals surface area contributed by atoms with Crippen molar-refractivity contribution in [3.05, 3.63) is 34.9 Å². The number of carboxylic acids is 1. The summed E-state index contributed by atoms with van der Waals surface area (Å²) in [6.07, 6.45) is 7.31. The van der Waals surface area contributed by atoms with Gasteiger partial charge in [0.2, 0.25) is 0 Å². The van der Waals surface area contributed by atoms with Crippen molar-refractivity contribution in [1.29, 1.82) is 0 Å². The average molecular weight is 350 g/mol. The summed E-state index contributed by atoms with van der Waals surface area (Å²) in [6.45, 7) is 3.14. The molecule has 0 radical (unpaired) electrons. The number of unbranched alkanes of at least 4 members (excludes halogenated alkanes) is 3. The van der Waals surface area contributed by atoms with Gasteiger partial charge in [-0.05, 0) is 25.3 Å². The molecule has 3 atom stereocenters. The summed E-state index contributed by atoms with van der Waals surface area (Å²) in [4.78, 5) is 23.8. The number of hydrogen-bond donors (Lipinski definition) is 3. The number of aliphatic hydroxyl groups excluding tert-OH is 2. The number of epoxide rings is 1. The molecule has 0 amide bonds. The minimum Gasteiger partial charge on any atom is -0.478 e. The molecule has 1 aliphatic heterocycles. The van der Waals surface area contributed by atoms with Crippen molar-refractivity contribution in [3.8, 4) is 0 Å². The van der Waals surface area contributed by atoms with E-state index in [1.54, 1.807) is 6.08 Å². The zero-order chi connectivity index (χ0) is 18.6. The fourth-order valence-corrected chi connectivity index (χ4v) is 3.13. The summed E-state index contributed by atoms with van der Waals surface area (Å²) >= 11 is 0. The van der Waals surface area contributed by atoms with Crippen LogP contribution in [0.4, 0.5) is 0 Å². The molecule has 6 nitrogen and oxygen atoms in total. The lowest BCUT2D eigenvalue weighted by Gasteiger charge is -2.23. The van der Waals surface area contributed by atoms with Crippen LogP contribution in [-0.2, 0) is 14.3 Å². The predicted molar refractivity (Wildman–Crippen MR) is 92.0 cm³/mol. The minimum absolute atomic E-state index is 0.0948. The minimum atomic E-state index is -1.21. The molecule has 138 valence electrons. The van der Waals surface area contributed by atoms with E-state index in [1.807, 2.05) is 6.08 Å². The van der Waals surface area contributed by atoms with Gasteiger partial charge >= 0.3 is 5.97 Å².